The molecule has 1 saturated heterocycles. The van der Waals surface area contributed by atoms with Crippen LogP contribution < -0.4 is 9.80 Å². The number of benzene rings is 2. The van der Waals surface area contributed by atoms with Crippen LogP contribution in [-0.2, 0) is 22.5 Å². The summed E-state index contributed by atoms with van der Waals surface area (Å²) in [4.78, 5) is 30.8. The Morgan fingerprint density at radius 2 is 1.69 bits per heavy atom. The Hall–Kier alpha value is -2.70. The zero-order valence-corrected chi connectivity index (χ0v) is 17.1. The van der Waals surface area contributed by atoms with Gasteiger partial charge in [0.1, 0.15) is 0 Å². The highest BCUT2D eigenvalue weighted by Gasteiger charge is 2.36. The number of hydrogen-bond acceptors (Lipinski definition) is 5. The molecule has 0 unspecified atom stereocenters. The molecule has 0 saturated carbocycles. The third kappa shape index (κ3) is 4.04. The monoisotopic (exact) mass is 393 g/mol. The first-order valence-corrected chi connectivity index (χ1v) is 10.2. The number of fused-ring (bicyclic) bond motifs is 1. The molecule has 0 radical (unpaired) electrons. The highest BCUT2D eigenvalue weighted by molar-refractivity contribution is 6.52. The molecule has 2 aliphatic heterocycles. The molecule has 0 atom stereocenters. The van der Waals surface area contributed by atoms with Crippen molar-refractivity contribution in [3.8, 4) is 0 Å². The molecule has 0 spiro atoms. The lowest BCUT2D eigenvalue weighted by atomic mass is 10.1. The molecule has 4 rings (SSSR count). The van der Waals surface area contributed by atoms with Gasteiger partial charge in [0.2, 0.25) is 0 Å². The van der Waals surface area contributed by atoms with E-state index in [2.05, 4.69) is 34.1 Å². The lowest BCUT2D eigenvalue weighted by Gasteiger charge is -2.29. The van der Waals surface area contributed by atoms with Gasteiger partial charge in [-0.25, -0.2) is 0 Å². The van der Waals surface area contributed by atoms with E-state index >= 15 is 0 Å². The molecule has 0 aliphatic carbocycles. The number of carbonyl (C=O) groups excluding carboxylic acids is 2. The van der Waals surface area contributed by atoms with Gasteiger partial charge in [-0.3, -0.25) is 19.4 Å². The Kier molecular flexibility index (Phi) is 5.65. The van der Waals surface area contributed by atoms with Crippen molar-refractivity contribution in [1.82, 2.24) is 4.90 Å². The van der Waals surface area contributed by atoms with Crippen molar-refractivity contribution in [1.29, 1.82) is 0 Å². The van der Waals surface area contributed by atoms with Gasteiger partial charge in [0.25, 0.3) is 5.78 Å². The van der Waals surface area contributed by atoms with Crippen LogP contribution in [0.25, 0.3) is 0 Å². The highest BCUT2D eigenvalue weighted by Crippen LogP contribution is 2.30. The van der Waals surface area contributed by atoms with Crippen LogP contribution in [0, 0.1) is 0 Å². The van der Waals surface area contributed by atoms with E-state index in [9.17, 15) is 9.59 Å². The summed E-state index contributed by atoms with van der Waals surface area (Å²) in [5.74, 6) is -0.846. The highest BCUT2D eigenvalue weighted by atomic mass is 16.5. The maximum atomic E-state index is 12.5. The van der Waals surface area contributed by atoms with E-state index in [1.54, 1.807) is 4.90 Å². The summed E-state index contributed by atoms with van der Waals surface area (Å²) in [5, 5.41) is 0. The Balaban J connectivity index is 1.41. The van der Waals surface area contributed by atoms with Crippen molar-refractivity contribution in [2.24, 2.45) is 0 Å². The lowest BCUT2D eigenvalue weighted by molar-refractivity contribution is -0.114. The van der Waals surface area contributed by atoms with E-state index in [0.29, 0.717) is 24.5 Å². The number of ketones is 1. The number of rotatable bonds is 6. The van der Waals surface area contributed by atoms with Crippen LogP contribution in [0.15, 0.2) is 42.5 Å². The fourth-order valence-corrected chi connectivity index (χ4v) is 3.94. The van der Waals surface area contributed by atoms with Crippen LogP contribution >= 0.6 is 0 Å². The number of anilines is 2. The van der Waals surface area contributed by atoms with E-state index in [0.717, 1.165) is 38.3 Å². The summed E-state index contributed by atoms with van der Waals surface area (Å²) in [7, 11) is 1.96. The third-order valence-corrected chi connectivity index (χ3v) is 5.59. The predicted octanol–water partition coefficient (Wildman–Crippen LogP) is 2.70. The minimum absolute atomic E-state index is 0.383. The summed E-state index contributed by atoms with van der Waals surface area (Å²) < 4.78 is 5.41. The van der Waals surface area contributed by atoms with Gasteiger partial charge in [0.05, 0.1) is 31.1 Å². The van der Waals surface area contributed by atoms with Gasteiger partial charge in [0.15, 0.2) is 0 Å². The lowest BCUT2D eigenvalue weighted by Crippen LogP contribution is -2.39. The molecule has 1 amide bonds. The Morgan fingerprint density at radius 1 is 1.00 bits per heavy atom. The topological polar surface area (TPSA) is 53.1 Å². The molecule has 6 heteroatoms. The molecule has 0 bridgehead atoms. The number of hydrogen-bond donors (Lipinski definition) is 0. The number of amides is 1. The molecule has 2 aromatic rings. The molecular formula is C23H27N3O3. The van der Waals surface area contributed by atoms with Crippen molar-refractivity contribution >= 4 is 23.1 Å². The van der Waals surface area contributed by atoms with E-state index in [1.807, 2.05) is 32.2 Å². The summed E-state index contributed by atoms with van der Waals surface area (Å²) in [6.45, 7) is 6.51. The average Bonchev–Trinajstić information content (AvgIpc) is 2.99. The average molecular weight is 393 g/mol. The minimum atomic E-state index is -0.442. The summed E-state index contributed by atoms with van der Waals surface area (Å²) in [6.07, 6.45) is 0.842. The number of ether oxygens (including phenoxy) is 1. The molecule has 152 valence electrons. The SMILES string of the molecule is CCc1ccc2c(c1)C(=O)C(=O)N2CN(C)Cc1ccc(N2CCOCC2)cc1. The van der Waals surface area contributed by atoms with E-state index < -0.39 is 11.7 Å². The molecule has 2 aromatic carbocycles. The Labute approximate surface area is 171 Å². The van der Waals surface area contributed by atoms with E-state index in [-0.39, 0.29) is 0 Å². The smallest absolute Gasteiger partial charge is 0.300 e. The maximum Gasteiger partial charge on any atom is 0.300 e. The maximum absolute atomic E-state index is 12.5. The Morgan fingerprint density at radius 3 is 2.38 bits per heavy atom. The van der Waals surface area contributed by atoms with Crippen LogP contribution in [0.4, 0.5) is 11.4 Å². The largest absolute Gasteiger partial charge is 0.378 e. The summed E-state index contributed by atoms with van der Waals surface area (Å²) >= 11 is 0. The first-order valence-electron chi connectivity index (χ1n) is 10.2. The quantitative estimate of drug-likeness (QED) is 0.707. The predicted molar refractivity (Wildman–Crippen MR) is 113 cm³/mol. The first-order chi connectivity index (χ1) is 14.1. The zero-order chi connectivity index (χ0) is 20.4. The van der Waals surface area contributed by atoms with Crippen molar-refractivity contribution in [3.63, 3.8) is 0 Å². The fraction of sp³-hybridized carbons (Fsp3) is 0.391. The molecular weight excluding hydrogens is 366 g/mol. The molecule has 2 aliphatic rings. The van der Waals surface area contributed by atoms with Crippen LogP contribution in [-0.4, -0.2) is 56.6 Å². The van der Waals surface area contributed by atoms with Gasteiger partial charge >= 0.3 is 5.91 Å². The Bertz CT molecular complexity index is 904. The zero-order valence-electron chi connectivity index (χ0n) is 17.1. The van der Waals surface area contributed by atoms with Crippen molar-refractivity contribution in [2.75, 3.05) is 49.8 Å². The second kappa shape index (κ2) is 8.35. The normalized spacial score (nSPS) is 16.7. The molecule has 0 aromatic heterocycles. The van der Waals surface area contributed by atoms with Crippen LogP contribution in [0.1, 0.15) is 28.4 Å². The molecule has 6 nitrogen and oxygen atoms in total. The van der Waals surface area contributed by atoms with Gasteiger partial charge in [-0.15, -0.1) is 0 Å². The first kappa shape index (κ1) is 19.6. The van der Waals surface area contributed by atoms with E-state index in [4.69, 9.17) is 4.74 Å². The molecule has 2 heterocycles. The number of nitrogens with zero attached hydrogens (tertiary/aromatic N) is 3. The third-order valence-electron chi connectivity index (χ3n) is 5.59. The van der Waals surface area contributed by atoms with Crippen LogP contribution in [0.5, 0.6) is 0 Å². The molecule has 1 fully saturated rings. The molecule has 0 N–H and O–H groups in total. The standard InChI is InChI=1S/C23H27N3O3/c1-3-17-6-9-21-20(14-17)22(27)23(28)26(21)16-24(2)15-18-4-7-19(8-5-18)25-10-12-29-13-11-25/h4-9,14H,3,10-13,15-16H2,1-2H3. The van der Waals surface area contributed by atoms with Crippen molar-refractivity contribution in [3.05, 3.63) is 59.2 Å². The fourth-order valence-electron chi connectivity index (χ4n) is 3.94. The summed E-state index contributed by atoms with van der Waals surface area (Å²) in [5.41, 5.74) is 4.69. The number of morpholine rings is 1. The number of Topliss-reactive ketones (excluding diaryl/α,β-unsaturated/α-hetero) is 1. The van der Waals surface area contributed by atoms with Gasteiger partial charge in [-0.05, 0) is 48.9 Å². The van der Waals surface area contributed by atoms with Gasteiger partial charge < -0.3 is 9.64 Å². The van der Waals surface area contributed by atoms with Crippen molar-refractivity contribution < 1.29 is 14.3 Å². The number of aryl methyl sites for hydroxylation is 1. The van der Waals surface area contributed by atoms with E-state index in [1.165, 1.54) is 11.3 Å². The number of carbonyl (C=O) groups is 2. The second-order valence-electron chi connectivity index (χ2n) is 7.69. The second-order valence-corrected chi connectivity index (χ2v) is 7.69. The van der Waals surface area contributed by atoms with Gasteiger partial charge in [-0.1, -0.05) is 25.1 Å². The minimum Gasteiger partial charge on any atom is -0.378 e. The van der Waals surface area contributed by atoms with Gasteiger partial charge in [-0.2, -0.15) is 0 Å². The van der Waals surface area contributed by atoms with Crippen LogP contribution in [0.2, 0.25) is 0 Å². The van der Waals surface area contributed by atoms with Gasteiger partial charge in [0, 0.05) is 25.3 Å². The van der Waals surface area contributed by atoms with Crippen molar-refractivity contribution in [2.45, 2.75) is 19.9 Å². The summed E-state index contributed by atoms with van der Waals surface area (Å²) in [6, 6.07) is 14.3. The molecule has 29 heavy (non-hydrogen) atoms. The van der Waals surface area contributed by atoms with Crippen LogP contribution in [0.3, 0.4) is 0 Å².